The van der Waals surface area contributed by atoms with Gasteiger partial charge >= 0.3 is 5.97 Å². The molecule has 0 fully saturated rings. The number of carbonyl (C=O) groups is 1. The van der Waals surface area contributed by atoms with Crippen LogP contribution >= 0.6 is 0 Å². The van der Waals surface area contributed by atoms with Gasteiger partial charge in [0.05, 0.1) is 12.2 Å². The van der Waals surface area contributed by atoms with Crippen molar-refractivity contribution in [2.75, 3.05) is 18.5 Å². The minimum Gasteiger partial charge on any atom is -0.478 e. The largest absolute Gasteiger partial charge is 0.478 e. The number of anilines is 1. The number of hydrogen-bond donors (Lipinski definition) is 3. The van der Waals surface area contributed by atoms with Crippen LogP contribution in [0.4, 0.5) is 5.82 Å². The molecule has 0 aromatic carbocycles. The van der Waals surface area contributed by atoms with Gasteiger partial charge in [-0.2, -0.15) is 0 Å². The highest BCUT2D eigenvalue weighted by molar-refractivity contribution is 5.88. The third-order valence-electron chi connectivity index (χ3n) is 1.42. The fourth-order valence-corrected chi connectivity index (χ4v) is 0.844. The Morgan fingerprint density at radius 3 is 3.00 bits per heavy atom. The van der Waals surface area contributed by atoms with Crippen LogP contribution in [-0.2, 0) is 0 Å². The van der Waals surface area contributed by atoms with E-state index < -0.39 is 5.97 Å². The van der Waals surface area contributed by atoms with Crippen LogP contribution in [0, 0.1) is 0 Å². The van der Waals surface area contributed by atoms with Crippen molar-refractivity contribution >= 4 is 11.8 Å². The third kappa shape index (κ3) is 2.72. The summed E-state index contributed by atoms with van der Waals surface area (Å²) < 4.78 is 0. The van der Waals surface area contributed by atoms with Crippen molar-refractivity contribution in [3.63, 3.8) is 0 Å². The average Bonchev–Trinajstić information content (AvgIpc) is 2.15. The Morgan fingerprint density at radius 1 is 1.62 bits per heavy atom. The molecule has 0 saturated heterocycles. The summed E-state index contributed by atoms with van der Waals surface area (Å²) in [6.45, 7) is 0.342. The minimum atomic E-state index is -0.991. The maximum absolute atomic E-state index is 10.5. The number of rotatable bonds is 4. The molecular weight excluding hydrogens is 172 g/mol. The monoisotopic (exact) mass is 182 g/mol. The predicted octanol–water partition coefficient (Wildman–Crippen LogP) is 0.184. The topological polar surface area (TPSA) is 82.5 Å². The SMILES string of the molecule is O=C(O)c1ccnc(NCCO)c1. The number of hydrogen-bond acceptors (Lipinski definition) is 4. The molecule has 5 nitrogen and oxygen atoms in total. The van der Waals surface area contributed by atoms with Gasteiger partial charge in [-0.3, -0.25) is 0 Å². The number of carboxylic acid groups (broad SMARTS) is 1. The molecule has 5 heteroatoms. The Labute approximate surface area is 75.0 Å². The van der Waals surface area contributed by atoms with E-state index in [9.17, 15) is 4.79 Å². The summed E-state index contributed by atoms with van der Waals surface area (Å²) in [5.41, 5.74) is 0.176. The van der Waals surface area contributed by atoms with E-state index in [1.165, 1.54) is 18.3 Å². The lowest BCUT2D eigenvalue weighted by molar-refractivity contribution is 0.0697. The quantitative estimate of drug-likeness (QED) is 0.619. The molecule has 1 aromatic heterocycles. The first kappa shape index (κ1) is 9.47. The van der Waals surface area contributed by atoms with E-state index in [1.807, 2.05) is 0 Å². The first-order chi connectivity index (χ1) is 6.24. The van der Waals surface area contributed by atoms with Crippen LogP contribution in [0.3, 0.4) is 0 Å². The lowest BCUT2D eigenvalue weighted by atomic mass is 10.2. The second-order valence-corrected chi connectivity index (χ2v) is 2.39. The van der Waals surface area contributed by atoms with Gasteiger partial charge in [-0.25, -0.2) is 9.78 Å². The number of nitrogens with zero attached hydrogens (tertiary/aromatic N) is 1. The van der Waals surface area contributed by atoms with Crippen molar-refractivity contribution in [3.05, 3.63) is 23.9 Å². The Hall–Kier alpha value is -1.62. The van der Waals surface area contributed by atoms with Gasteiger partial charge in [0.1, 0.15) is 5.82 Å². The van der Waals surface area contributed by atoms with Gasteiger partial charge in [0.2, 0.25) is 0 Å². The summed E-state index contributed by atoms with van der Waals surface area (Å²) in [6.07, 6.45) is 1.41. The van der Waals surface area contributed by atoms with Crippen LogP contribution in [0.5, 0.6) is 0 Å². The van der Waals surface area contributed by atoms with E-state index in [4.69, 9.17) is 10.2 Å². The van der Waals surface area contributed by atoms with Crippen LogP contribution in [0.25, 0.3) is 0 Å². The van der Waals surface area contributed by atoms with Crippen molar-refractivity contribution in [1.29, 1.82) is 0 Å². The summed E-state index contributed by atoms with van der Waals surface area (Å²) >= 11 is 0. The molecule has 13 heavy (non-hydrogen) atoms. The van der Waals surface area contributed by atoms with Gasteiger partial charge in [0.25, 0.3) is 0 Å². The lowest BCUT2D eigenvalue weighted by Gasteiger charge is -2.02. The molecular formula is C8H10N2O3. The van der Waals surface area contributed by atoms with Gasteiger partial charge in [0.15, 0.2) is 0 Å². The molecule has 0 aliphatic carbocycles. The number of aromatic carboxylic acids is 1. The van der Waals surface area contributed by atoms with Crippen LogP contribution in [0.2, 0.25) is 0 Å². The van der Waals surface area contributed by atoms with Crippen molar-refractivity contribution < 1.29 is 15.0 Å². The van der Waals surface area contributed by atoms with E-state index >= 15 is 0 Å². The molecule has 1 rings (SSSR count). The number of aliphatic hydroxyl groups excluding tert-OH is 1. The summed E-state index contributed by atoms with van der Waals surface area (Å²) in [4.78, 5) is 14.4. The summed E-state index contributed by atoms with van der Waals surface area (Å²) in [6, 6.07) is 2.82. The predicted molar refractivity (Wildman–Crippen MR) is 46.8 cm³/mol. The number of carboxylic acids is 1. The maximum Gasteiger partial charge on any atom is 0.335 e. The number of aromatic nitrogens is 1. The molecule has 0 aliphatic heterocycles. The Kier molecular flexibility index (Phi) is 3.22. The standard InChI is InChI=1S/C8H10N2O3/c11-4-3-10-7-5-6(8(12)13)1-2-9-7/h1-2,5,11H,3-4H2,(H,9,10)(H,12,13). The number of nitrogens with one attached hydrogen (secondary N) is 1. The van der Waals surface area contributed by atoms with E-state index in [-0.39, 0.29) is 12.2 Å². The highest BCUT2D eigenvalue weighted by Gasteiger charge is 2.02. The molecule has 0 amide bonds. The molecule has 0 radical (unpaired) electrons. The van der Waals surface area contributed by atoms with Crippen molar-refractivity contribution in [1.82, 2.24) is 4.98 Å². The molecule has 0 spiro atoms. The van der Waals surface area contributed by atoms with Gasteiger partial charge in [-0.1, -0.05) is 0 Å². The first-order valence-corrected chi connectivity index (χ1v) is 3.78. The molecule has 1 heterocycles. The van der Waals surface area contributed by atoms with E-state index in [0.717, 1.165) is 0 Å². The zero-order valence-electron chi connectivity index (χ0n) is 6.90. The molecule has 0 bridgehead atoms. The number of aliphatic hydroxyl groups is 1. The van der Waals surface area contributed by atoms with E-state index in [1.54, 1.807) is 0 Å². The normalized spacial score (nSPS) is 9.62. The van der Waals surface area contributed by atoms with E-state index in [0.29, 0.717) is 12.4 Å². The summed E-state index contributed by atoms with van der Waals surface area (Å²) in [5.74, 6) is -0.539. The zero-order valence-corrected chi connectivity index (χ0v) is 6.90. The minimum absolute atomic E-state index is 0.0149. The summed E-state index contributed by atoms with van der Waals surface area (Å²) in [7, 11) is 0. The average molecular weight is 182 g/mol. The third-order valence-corrected chi connectivity index (χ3v) is 1.42. The van der Waals surface area contributed by atoms with E-state index in [2.05, 4.69) is 10.3 Å². The highest BCUT2D eigenvalue weighted by atomic mass is 16.4. The lowest BCUT2D eigenvalue weighted by Crippen LogP contribution is -2.07. The zero-order chi connectivity index (χ0) is 9.68. The highest BCUT2D eigenvalue weighted by Crippen LogP contribution is 2.05. The Bertz CT molecular complexity index is 301. The molecule has 1 aromatic rings. The molecule has 70 valence electrons. The molecule has 0 aliphatic rings. The van der Waals surface area contributed by atoms with Crippen molar-refractivity contribution in [2.45, 2.75) is 0 Å². The maximum atomic E-state index is 10.5. The van der Waals surface area contributed by atoms with Crippen LogP contribution < -0.4 is 5.32 Å². The number of pyridine rings is 1. The molecule has 0 atom stereocenters. The second kappa shape index (κ2) is 4.42. The summed E-state index contributed by atoms with van der Waals surface area (Å²) in [5, 5.41) is 19.9. The Morgan fingerprint density at radius 2 is 2.38 bits per heavy atom. The Balaban J connectivity index is 2.73. The fourth-order valence-electron chi connectivity index (χ4n) is 0.844. The first-order valence-electron chi connectivity index (χ1n) is 3.78. The molecule has 3 N–H and O–H groups in total. The van der Waals surface area contributed by atoms with Gasteiger partial charge in [-0.15, -0.1) is 0 Å². The fraction of sp³-hybridized carbons (Fsp3) is 0.250. The molecule has 0 unspecified atom stereocenters. The van der Waals surface area contributed by atoms with Gasteiger partial charge < -0.3 is 15.5 Å². The van der Waals surface area contributed by atoms with Crippen molar-refractivity contribution in [3.8, 4) is 0 Å². The smallest absolute Gasteiger partial charge is 0.335 e. The van der Waals surface area contributed by atoms with Crippen LogP contribution in [-0.4, -0.2) is 34.3 Å². The van der Waals surface area contributed by atoms with Crippen LogP contribution in [0.1, 0.15) is 10.4 Å². The van der Waals surface area contributed by atoms with Crippen molar-refractivity contribution in [2.24, 2.45) is 0 Å². The molecule has 0 saturated carbocycles. The second-order valence-electron chi connectivity index (χ2n) is 2.39. The van der Waals surface area contributed by atoms with Crippen LogP contribution in [0.15, 0.2) is 18.3 Å². The van der Waals surface area contributed by atoms with Gasteiger partial charge in [0, 0.05) is 12.7 Å². The van der Waals surface area contributed by atoms with Gasteiger partial charge in [-0.05, 0) is 12.1 Å².